The van der Waals surface area contributed by atoms with Gasteiger partial charge in [0.25, 0.3) is 0 Å². The first-order valence-corrected chi connectivity index (χ1v) is 13.1. The molecular weight excluding hydrogens is 459 g/mol. The number of nitrogens with zero attached hydrogens (tertiary/aromatic N) is 6. The van der Waals surface area contributed by atoms with Gasteiger partial charge in [0.05, 0.1) is 17.7 Å². The minimum absolute atomic E-state index is 0.0635. The summed E-state index contributed by atoms with van der Waals surface area (Å²) in [6.07, 6.45) is 1.66. The minimum atomic E-state index is -0.537. The quantitative estimate of drug-likeness (QED) is 0.680. The van der Waals surface area contributed by atoms with Gasteiger partial charge in [-0.3, -0.25) is 9.69 Å². The number of carbonyl (C=O) groups excluding carboxylic acids is 1. The maximum absolute atomic E-state index is 14.5. The first-order chi connectivity index (χ1) is 17.3. The molecule has 0 saturated carbocycles. The van der Waals surface area contributed by atoms with E-state index in [0.29, 0.717) is 44.7 Å². The zero-order valence-electron chi connectivity index (χ0n) is 21.5. The standard InChI is InChI=1S/C27H37FN6O2/c1-18-4-5-20(15-22(18)28)21(16-32-8-6-31(3)7-9-32)27(36)34-12-10-33(11-13-34)26-24-19(2)14-23(35)25(24)29-17-30-26/h4-5,15,17,19,21,23,35H,6-14,16H2,1-3H3/t19-,21-,23-/m1/s1. The number of piperazine rings is 2. The predicted octanol–water partition coefficient (Wildman–Crippen LogP) is 2.14. The number of rotatable bonds is 5. The van der Waals surface area contributed by atoms with E-state index < -0.39 is 12.0 Å². The van der Waals surface area contributed by atoms with E-state index in [4.69, 9.17) is 0 Å². The molecule has 5 rings (SSSR count). The highest BCUT2D eigenvalue weighted by molar-refractivity contribution is 5.84. The van der Waals surface area contributed by atoms with Gasteiger partial charge in [-0.05, 0) is 43.5 Å². The molecule has 36 heavy (non-hydrogen) atoms. The summed E-state index contributed by atoms with van der Waals surface area (Å²) in [5.74, 6) is 0.491. The highest BCUT2D eigenvalue weighted by atomic mass is 19.1. The third kappa shape index (κ3) is 4.96. The monoisotopic (exact) mass is 496 g/mol. The first-order valence-electron chi connectivity index (χ1n) is 13.1. The zero-order valence-corrected chi connectivity index (χ0v) is 21.5. The summed E-state index contributed by atoms with van der Waals surface area (Å²) in [5.41, 5.74) is 3.11. The minimum Gasteiger partial charge on any atom is -0.387 e. The number of hydrogen-bond donors (Lipinski definition) is 1. The van der Waals surface area contributed by atoms with Gasteiger partial charge in [0.15, 0.2) is 0 Å². The fourth-order valence-corrected chi connectivity index (χ4v) is 5.75. The van der Waals surface area contributed by atoms with E-state index in [1.165, 1.54) is 6.33 Å². The number of aryl methyl sites for hydroxylation is 1. The molecule has 8 nitrogen and oxygen atoms in total. The SMILES string of the molecule is Cc1ccc([C@@H](CN2CCN(C)CC2)C(=O)N2CCN(c3ncnc4c3[C@H](C)C[C@H]4O)CC2)cc1F. The van der Waals surface area contributed by atoms with Crippen molar-refractivity contribution in [2.45, 2.75) is 38.2 Å². The summed E-state index contributed by atoms with van der Waals surface area (Å²) in [6, 6.07) is 5.23. The largest absolute Gasteiger partial charge is 0.387 e. The van der Waals surface area contributed by atoms with Crippen LogP contribution >= 0.6 is 0 Å². The molecule has 1 amide bonds. The summed E-state index contributed by atoms with van der Waals surface area (Å²) >= 11 is 0. The molecule has 9 heteroatoms. The third-order valence-corrected chi connectivity index (χ3v) is 8.10. The van der Waals surface area contributed by atoms with Crippen molar-refractivity contribution in [3.63, 3.8) is 0 Å². The summed E-state index contributed by atoms with van der Waals surface area (Å²) in [6.45, 7) is 10.7. The molecule has 3 aliphatic rings. The Morgan fingerprint density at radius 3 is 2.53 bits per heavy atom. The van der Waals surface area contributed by atoms with Crippen LogP contribution in [0.25, 0.3) is 0 Å². The molecule has 0 radical (unpaired) electrons. The number of aliphatic hydroxyl groups is 1. The molecule has 3 heterocycles. The van der Waals surface area contributed by atoms with Crippen molar-refractivity contribution < 1.29 is 14.3 Å². The molecule has 194 valence electrons. The number of benzene rings is 1. The lowest BCUT2D eigenvalue weighted by molar-refractivity contribution is -0.133. The molecule has 0 spiro atoms. The molecule has 1 aromatic carbocycles. The molecule has 2 aliphatic heterocycles. The topological polar surface area (TPSA) is 76.0 Å². The number of aliphatic hydroxyl groups excluding tert-OH is 1. The van der Waals surface area contributed by atoms with Gasteiger partial charge in [-0.1, -0.05) is 19.1 Å². The van der Waals surface area contributed by atoms with Crippen molar-refractivity contribution >= 4 is 11.7 Å². The maximum atomic E-state index is 14.5. The smallest absolute Gasteiger partial charge is 0.231 e. The summed E-state index contributed by atoms with van der Waals surface area (Å²) < 4.78 is 14.5. The van der Waals surface area contributed by atoms with Crippen LogP contribution in [0.5, 0.6) is 0 Å². The van der Waals surface area contributed by atoms with Gasteiger partial charge < -0.3 is 19.8 Å². The van der Waals surface area contributed by atoms with Gasteiger partial charge in [-0.2, -0.15) is 0 Å². The third-order valence-electron chi connectivity index (χ3n) is 8.10. The van der Waals surface area contributed by atoms with Crippen molar-refractivity contribution in [3.05, 3.63) is 52.7 Å². The Hall–Kier alpha value is -2.62. The lowest BCUT2D eigenvalue weighted by Gasteiger charge is -2.39. The second-order valence-corrected chi connectivity index (χ2v) is 10.6. The van der Waals surface area contributed by atoms with Crippen molar-refractivity contribution in [3.8, 4) is 0 Å². The Bertz CT molecular complexity index is 1100. The number of likely N-dealkylation sites (N-methyl/N-ethyl adjacent to an activating group) is 1. The van der Waals surface area contributed by atoms with Crippen molar-refractivity contribution in [2.24, 2.45) is 0 Å². The lowest BCUT2D eigenvalue weighted by Crippen LogP contribution is -2.52. The van der Waals surface area contributed by atoms with E-state index >= 15 is 0 Å². The highest BCUT2D eigenvalue weighted by Crippen LogP contribution is 2.42. The van der Waals surface area contributed by atoms with E-state index in [9.17, 15) is 14.3 Å². The van der Waals surface area contributed by atoms with Gasteiger partial charge in [0.1, 0.15) is 18.0 Å². The summed E-state index contributed by atoms with van der Waals surface area (Å²) in [4.78, 5) is 31.5. The maximum Gasteiger partial charge on any atom is 0.231 e. The molecular formula is C27H37FN6O2. The Balaban J connectivity index is 1.31. The number of anilines is 1. The first kappa shape index (κ1) is 25.0. The van der Waals surface area contributed by atoms with Crippen LogP contribution in [-0.4, -0.2) is 102 Å². The van der Waals surface area contributed by atoms with Crippen molar-refractivity contribution in [1.29, 1.82) is 0 Å². The van der Waals surface area contributed by atoms with Crippen LogP contribution in [0.3, 0.4) is 0 Å². The van der Waals surface area contributed by atoms with Crippen LogP contribution in [0.4, 0.5) is 10.2 Å². The van der Waals surface area contributed by atoms with Gasteiger partial charge in [0.2, 0.25) is 5.91 Å². The van der Waals surface area contributed by atoms with Crippen LogP contribution in [-0.2, 0) is 4.79 Å². The van der Waals surface area contributed by atoms with E-state index in [1.807, 2.05) is 11.0 Å². The molecule has 1 aliphatic carbocycles. The Labute approximate surface area is 212 Å². The summed E-state index contributed by atoms with van der Waals surface area (Å²) in [5, 5.41) is 10.3. The number of amides is 1. The molecule has 0 bridgehead atoms. The van der Waals surface area contributed by atoms with E-state index in [2.05, 4.69) is 38.6 Å². The molecule has 2 aromatic rings. The van der Waals surface area contributed by atoms with E-state index in [1.54, 1.807) is 19.1 Å². The average molecular weight is 497 g/mol. The Kier molecular flexibility index (Phi) is 7.23. The van der Waals surface area contributed by atoms with Gasteiger partial charge >= 0.3 is 0 Å². The Morgan fingerprint density at radius 2 is 1.83 bits per heavy atom. The van der Waals surface area contributed by atoms with Gasteiger partial charge in [-0.25, -0.2) is 14.4 Å². The number of aromatic nitrogens is 2. The predicted molar refractivity (Wildman–Crippen MR) is 137 cm³/mol. The fourth-order valence-electron chi connectivity index (χ4n) is 5.75. The van der Waals surface area contributed by atoms with Crippen LogP contribution < -0.4 is 4.90 Å². The molecule has 3 atom stereocenters. The number of hydrogen-bond acceptors (Lipinski definition) is 7. The second kappa shape index (κ2) is 10.4. The van der Waals surface area contributed by atoms with Crippen LogP contribution in [0, 0.1) is 12.7 Å². The number of halogens is 1. The molecule has 2 fully saturated rings. The van der Waals surface area contributed by atoms with Crippen LogP contribution in [0.15, 0.2) is 24.5 Å². The second-order valence-electron chi connectivity index (χ2n) is 10.6. The fraction of sp³-hybridized carbons (Fsp3) is 0.593. The summed E-state index contributed by atoms with van der Waals surface area (Å²) in [7, 11) is 2.11. The average Bonchev–Trinajstić information content (AvgIpc) is 3.18. The number of fused-ring (bicyclic) bond motifs is 1. The van der Waals surface area contributed by atoms with Crippen LogP contribution in [0.2, 0.25) is 0 Å². The van der Waals surface area contributed by atoms with Gasteiger partial charge in [-0.15, -0.1) is 0 Å². The highest BCUT2D eigenvalue weighted by Gasteiger charge is 2.35. The van der Waals surface area contributed by atoms with E-state index in [0.717, 1.165) is 48.8 Å². The molecule has 1 N–H and O–H groups in total. The van der Waals surface area contributed by atoms with Crippen molar-refractivity contribution in [1.82, 2.24) is 24.7 Å². The Morgan fingerprint density at radius 1 is 1.11 bits per heavy atom. The zero-order chi connectivity index (χ0) is 25.4. The molecule has 1 aromatic heterocycles. The van der Waals surface area contributed by atoms with Crippen LogP contribution in [0.1, 0.15) is 53.7 Å². The molecule has 2 saturated heterocycles. The van der Waals surface area contributed by atoms with Gasteiger partial charge in [0, 0.05) is 64.5 Å². The lowest BCUT2D eigenvalue weighted by atomic mass is 9.94. The number of carbonyl (C=O) groups is 1. The normalized spacial score (nSPS) is 24.1. The van der Waals surface area contributed by atoms with E-state index in [-0.39, 0.29) is 17.6 Å². The molecule has 0 unspecified atom stereocenters. The van der Waals surface area contributed by atoms with Crippen molar-refractivity contribution in [2.75, 3.05) is 70.9 Å².